The van der Waals surface area contributed by atoms with E-state index in [0.717, 1.165) is 5.56 Å². The SMILES string of the molecule is COc1ccc(NC(=O)CCc2ccc(F)cc2)c(OC)c1. The van der Waals surface area contributed by atoms with Crippen molar-refractivity contribution in [1.29, 1.82) is 0 Å². The van der Waals surface area contributed by atoms with Gasteiger partial charge in [-0.05, 0) is 36.2 Å². The van der Waals surface area contributed by atoms with Crippen molar-refractivity contribution < 1.29 is 18.7 Å². The summed E-state index contributed by atoms with van der Waals surface area (Å²) < 4.78 is 23.2. The van der Waals surface area contributed by atoms with Crippen molar-refractivity contribution in [2.45, 2.75) is 12.8 Å². The molecule has 4 nitrogen and oxygen atoms in total. The molecule has 0 bridgehead atoms. The molecule has 0 spiro atoms. The Bertz CT molecular complexity index is 641. The zero-order valence-corrected chi connectivity index (χ0v) is 12.6. The van der Waals surface area contributed by atoms with Gasteiger partial charge in [-0.15, -0.1) is 0 Å². The van der Waals surface area contributed by atoms with Crippen LogP contribution in [0.25, 0.3) is 0 Å². The third-order valence-corrected chi connectivity index (χ3v) is 3.24. The van der Waals surface area contributed by atoms with Gasteiger partial charge in [0.05, 0.1) is 19.9 Å². The summed E-state index contributed by atoms with van der Waals surface area (Å²) in [6, 6.07) is 11.3. The lowest BCUT2D eigenvalue weighted by Crippen LogP contribution is -2.13. The maximum atomic E-state index is 12.8. The van der Waals surface area contributed by atoms with Gasteiger partial charge in [-0.1, -0.05) is 12.1 Å². The first kappa shape index (κ1) is 15.8. The van der Waals surface area contributed by atoms with Gasteiger partial charge in [-0.3, -0.25) is 4.79 Å². The number of ether oxygens (including phenoxy) is 2. The van der Waals surface area contributed by atoms with E-state index in [4.69, 9.17) is 9.47 Å². The van der Waals surface area contributed by atoms with Crippen LogP contribution in [-0.2, 0) is 11.2 Å². The first-order valence-corrected chi connectivity index (χ1v) is 6.88. The van der Waals surface area contributed by atoms with Gasteiger partial charge in [0.25, 0.3) is 0 Å². The highest BCUT2D eigenvalue weighted by molar-refractivity contribution is 5.92. The molecular weight excluding hydrogens is 285 g/mol. The fourth-order valence-corrected chi connectivity index (χ4v) is 2.02. The number of hydrogen-bond acceptors (Lipinski definition) is 3. The predicted molar refractivity (Wildman–Crippen MR) is 82.9 cm³/mol. The van der Waals surface area contributed by atoms with E-state index in [1.807, 2.05) is 0 Å². The molecule has 0 aliphatic rings. The van der Waals surface area contributed by atoms with Gasteiger partial charge in [-0.2, -0.15) is 0 Å². The molecule has 0 aliphatic carbocycles. The molecule has 0 unspecified atom stereocenters. The van der Waals surface area contributed by atoms with E-state index in [1.54, 1.807) is 37.4 Å². The van der Waals surface area contributed by atoms with Crippen molar-refractivity contribution in [3.63, 3.8) is 0 Å². The molecule has 2 rings (SSSR count). The van der Waals surface area contributed by atoms with Gasteiger partial charge in [0.15, 0.2) is 0 Å². The first-order chi connectivity index (χ1) is 10.6. The van der Waals surface area contributed by atoms with Crippen molar-refractivity contribution in [3.05, 3.63) is 53.8 Å². The zero-order valence-electron chi connectivity index (χ0n) is 12.6. The summed E-state index contributed by atoms with van der Waals surface area (Å²) in [6.45, 7) is 0. The number of anilines is 1. The molecule has 2 aromatic carbocycles. The Kier molecular flexibility index (Phi) is 5.36. The summed E-state index contributed by atoms with van der Waals surface area (Å²) in [7, 11) is 3.10. The largest absolute Gasteiger partial charge is 0.497 e. The van der Waals surface area contributed by atoms with E-state index in [-0.39, 0.29) is 11.7 Å². The minimum absolute atomic E-state index is 0.132. The van der Waals surface area contributed by atoms with Gasteiger partial charge in [0.1, 0.15) is 17.3 Å². The van der Waals surface area contributed by atoms with Gasteiger partial charge in [0.2, 0.25) is 5.91 Å². The van der Waals surface area contributed by atoms with Crippen molar-refractivity contribution in [2.75, 3.05) is 19.5 Å². The Morgan fingerprint density at radius 2 is 1.82 bits per heavy atom. The number of methoxy groups -OCH3 is 2. The molecule has 116 valence electrons. The standard InChI is InChI=1S/C17H18FNO3/c1-21-14-8-9-15(16(11-14)22-2)19-17(20)10-5-12-3-6-13(18)7-4-12/h3-4,6-9,11H,5,10H2,1-2H3,(H,19,20). The summed E-state index contributed by atoms with van der Waals surface area (Å²) >= 11 is 0. The molecule has 0 saturated carbocycles. The third kappa shape index (κ3) is 4.22. The Morgan fingerprint density at radius 1 is 1.09 bits per heavy atom. The highest BCUT2D eigenvalue weighted by Crippen LogP contribution is 2.29. The predicted octanol–water partition coefficient (Wildman–Crippen LogP) is 3.41. The van der Waals surface area contributed by atoms with Crippen LogP contribution >= 0.6 is 0 Å². The molecule has 0 heterocycles. The van der Waals surface area contributed by atoms with Crippen LogP contribution < -0.4 is 14.8 Å². The molecule has 0 saturated heterocycles. The zero-order chi connectivity index (χ0) is 15.9. The van der Waals surface area contributed by atoms with Crippen molar-refractivity contribution in [1.82, 2.24) is 0 Å². The molecular formula is C17H18FNO3. The number of hydrogen-bond donors (Lipinski definition) is 1. The van der Waals surface area contributed by atoms with Gasteiger partial charge in [0, 0.05) is 12.5 Å². The van der Waals surface area contributed by atoms with Crippen molar-refractivity contribution in [3.8, 4) is 11.5 Å². The molecule has 5 heteroatoms. The molecule has 0 aliphatic heterocycles. The topological polar surface area (TPSA) is 47.6 Å². The lowest BCUT2D eigenvalue weighted by atomic mass is 10.1. The first-order valence-electron chi connectivity index (χ1n) is 6.88. The summed E-state index contributed by atoms with van der Waals surface area (Å²) in [6.07, 6.45) is 0.853. The van der Waals surface area contributed by atoms with Crippen LogP contribution in [0.15, 0.2) is 42.5 Å². The van der Waals surface area contributed by atoms with Crippen molar-refractivity contribution >= 4 is 11.6 Å². The average molecular weight is 303 g/mol. The highest BCUT2D eigenvalue weighted by atomic mass is 19.1. The van der Waals surface area contributed by atoms with Crippen LogP contribution in [-0.4, -0.2) is 20.1 Å². The second-order valence-corrected chi connectivity index (χ2v) is 4.74. The number of amides is 1. The van der Waals surface area contributed by atoms with E-state index in [1.165, 1.54) is 19.2 Å². The fourth-order valence-electron chi connectivity index (χ4n) is 2.02. The maximum absolute atomic E-state index is 12.8. The van der Waals surface area contributed by atoms with Gasteiger partial charge < -0.3 is 14.8 Å². The molecule has 0 fully saturated rings. The minimum atomic E-state index is -0.281. The second kappa shape index (κ2) is 7.45. The number of nitrogens with one attached hydrogen (secondary N) is 1. The number of aryl methyl sites for hydroxylation is 1. The van der Waals surface area contributed by atoms with Crippen LogP contribution in [0.2, 0.25) is 0 Å². The smallest absolute Gasteiger partial charge is 0.224 e. The third-order valence-electron chi connectivity index (χ3n) is 3.24. The van der Waals surface area contributed by atoms with E-state index in [0.29, 0.717) is 30.0 Å². The number of benzene rings is 2. The Labute approximate surface area is 128 Å². The van der Waals surface area contributed by atoms with Crippen LogP contribution in [0.5, 0.6) is 11.5 Å². The molecule has 0 radical (unpaired) electrons. The lowest BCUT2D eigenvalue weighted by molar-refractivity contribution is -0.116. The van der Waals surface area contributed by atoms with Crippen LogP contribution in [0.1, 0.15) is 12.0 Å². The number of halogens is 1. The summed E-state index contributed by atoms with van der Waals surface area (Å²) in [5.74, 6) is 0.777. The van der Waals surface area contributed by atoms with E-state index in [9.17, 15) is 9.18 Å². The molecule has 1 N–H and O–H groups in total. The molecule has 22 heavy (non-hydrogen) atoms. The quantitative estimate of drug-likeness (QED) is 0.889. The Balaban J connectivity index is 1.95. The Morgan fingerprint density at radius 3 is 2.45 bits per heavy atom. The summed E-state index contributed by atoms with van der Waals surface area (Å²) in [4.78, 5) is 12.0. The normalized spacial score (nSPS) is 10.1. The van der Waals surface area contributed by atoms with Gasteiger partial charge in [-0.25, -0.2) is 4.39 Å². The van der Waals surface area contributed by atoms with E-state index >= 15 is 0 Å². The van der Waals surface area contributed by atoms with Crippen LogP contribution in [0, 0.1) is 5.82 Å². The van der Waals surface area contributed by atoms with Gasteiger partial charge >= 0.3 is 0 Å². The van der Waals surface area contributed by atoms with E-state index in [2.05, 4.69) is 5.32 Å². The fraction of sp³-hybridized carbons (Fsp3) is 0.235. The van der Waals surface area contributed by atoms with Crippen LogP contribution in [0.3, 0.4) is 0 Å². The molecule has 0 aromatic heterocycles. The summed E-state index contributed by atoms with van der Waals surface area (Å²) in [5, 5.41) is 2.80. The monoisotopic (exact) mass is 303 g/mol. The average Bonchev–Trinajstić information content (AvgIpc) is 2.54. The minimum Gasteiger partial charge on any atom is -0.497 e. The van der Waals surface area contributed by atoms with Crippen molar-refractivity contribution in [2.24, 2.45) is 0 Å². The summed E-state index contributed by atoms with van der Waals surface area (Å²) in [5.41, 5.74) is 1.51. The van der Waals surface area contributed by atoms with Crippen LogP contribution in [0.4, 0.5) is 10.1 Å². The molecule has 1 amide bonds. The lowest BCUT2D eigenvalue weighted by Gasteiger charge is -2.11. The number of carbonyl (C=O) groups is 1. The highest BCUT2D eigenvalue weighted by Gasteiger charge is 2.09. The number of carbonyl (C=O) groups excluding carboxylic acids is 1. The molecule has 0 atom stereocenters. The molecule has 2 aromatic rings. The number of rotatable bonds is 6. The second-order valence-electron chi connectivity index (χ2n) is 4.74. The Hall–Kier alpha value is -2.56. The maximum Gasteiger partial charge on any atom is 0.224 e. The van der Waals surface area contributed by atoms with E-state index < -0.39 is 0 Å².